The Morgan fingerprint density at radius 2 is 2.19 bits per heavy atom. The topological polar surface area (TPSA) is 74.2 Å². The third-order valence-electron chi connectivity index (χ3n) is 3.02. The van der Waals surface area contributed by atoms with Gasteiger partial charge in [0.05, 0.1) is 6.04 Å². The van der Waals surface area contributed by atoms with Crippen LogP contribution in [0.5, 0.6) is 5.75 Å². The number of carbonyl (C=O) groups is 1. The second kappa shape index (κ2) is 8.98. The van der Waals surface area contributed by atoms with Gasteiger partial charge in [0.25, 0.3) is 0 Å². The van der Waals surface area contributed by atoms with Gasteiger partial charge in [0.2, 0.25) is 5.91 Å². The average molecular weight is 289 g/mol. The van der Waals surface area contributed by atoms with Gasteiger partial charge >= 0.3 is 0 Å². The summed E-state index contributed by atoms with van der Waals surface area (Å²) in [7, 11) is 1.65. The number of ether oxygens (including phenoxy) is 1. The van der Waals surface area contributed by atoms with Crippen molar-refractivity contribution in [3.05, 3.63) is 29.8 Å². The number of nitrogens with zero attached hydrogens (tertiary/aromatic N) is 1. The van der Waals surface area contributed by atoms with Gasteiger partial charge in [0.1, 0.15) is 11.8 Å². The Kier molecular flexibility index (Phi) is 7.27. The molecule has 1 amide bonds. The van der Waals surface area contributed by atoms with E-state index in [1.807, 2.05) is 30.3 Å². The summed E-state index contributed by atoms with van der Waals surface area (Å²) in [5, 5.41) is 14.5. The van der Waals surface area contributed by atoms with E-state index in [4.69, 9.17) is 10.00 Å². The molecule has 2 N–H and O–H groups in total. The maximum Gasteiger partial charge on any atom is 0.236 e. The Labute approximate surface area is 126 Å². The molecule has 1 atom stereocenters. The molecule has 0 radical (unpaired) electrons. The lowest BCUT2D eigenvalue weighted by Gasteiger charge is -2.19. The largest absolute Gasteiger partial charge is 0.479 e. The van der Waals surface area contributed by atoms with Crippen molar-refractivity contribution in [2.24, 2.45) is 5.92 Å². The van der Waals surface area contributed by atoms with Crippen LogP contribution < -0.4 is 15.4 Å². The summed E-state index contributed by atoms with van der Waals surface area (Å²) < 4.78 is 5.27. The molecule has 0 bridgehead atoms. The van der Waals surface area contributed by atoms with E-state index in [-0.39, 0.29) is 18.6 Å². The van der Waals surface area contributed by atoms with Gasteiger partial charge in [-0.2, -0.15) is 5.26 Å². The monoisotopic (exact) mass is 289 g/mol. The Balaban J connectivity index is 2.62. The predicted molar refractivity (Wildman–Crippen MR) is 81.7 cm³/mol. The molecule has 0 aromatic heterocycles. The minimum Gasteiger partial charge on any atom is -0.479 e. The molecule has 0 aliphatic heterocycles. The zero-order valence-electron chi connectivity index (χ0n) is 12.8. The molecule has 5 heteroatoms. The van der Waals surface area contributed by atoms with E-state index in [1.165, 1.54) is 0 Å². The fourth-order valence-electron chi connectivity index (χ4n) is 2.03. The smallest absolute Gasteiger partial charge is 0.236 e. The van der Waals surface area contributed by atoms with Crippen LogP contribution >= 0.6 is 0 Å². The Morgan fingerprint density at radius 3 is 2.81 bits per heavy atom. The number of nitrogens with one attached hydrogen (secondary N) is 2. The Bertz CT molecular complexity index is 495. The molecule has 1 aromatic carbocycles. The van der Waals surface area contributed by atoms with Gasteiger partial charge in [-0.1, -0.05) is 26.0 Å². The third kappa shape index (κ3) is 6.28. The average Bonchev–Trinajstić information content (AvgIpc) is 2.48. The predicted octanol–water partition coefficient (Wildman–Crippen LogP) is 1.84. The Morgan fingerprint density at radius 1 is 1.43 bits per heavy atom. The normalized spacial score (nSPS) is 11.8. The maximum absolute atomic E-state index is 11.8. The fourth-order valence-corrected chi connectivity index (χ4v) is 2.03. The zero-order valence-corrected chi connectivity index (χ0v) is 12.8. The summed E-state index contributed by atoms with van der Waals surface area (Å²) in [6.07, 6.45) is 0.782. The molecule has 1 unspecified atom stereocenters. The minimum atomic E-state index is -0.210. The number of hydrogen-bond donors (Lipinski definition) is 2. The number of amides is 1. The van der Waals surface area contributed by atoms with Crippen molar-refractivity contribution in [1.82, 2.24) is 10.6 Å². The van der Waals surface area contributed by atoms with E-state index in [9.17, 15) is 4.79 Å². The van der Waals surface area contributed by atoms with E-state index in [0.29, 0.717) is 18.2 Å². The number of likely N-dealkylation sites (N-methyl/N-ethyl adjacent to an activating group) is 1. The van der Waals surface area contributed by atoms with Crippen LogP contribution in [0, 0.1) is 17.2 Å². The van der Waals surface area contributed by atoms with Crippen LogP contribution in [0.1, 0.15) is 25.8 Å². The van der Waals surface area contributed by atoms with E-state index in [2.05, 4.69) is 24.5 Å². The highest BCUT2D eigenvalue weighted by Gasteiger charge is 2.17. The van der Waals surface area contributed by atoms with Crippen LogP contribution in [0.15, 0.2) is 24.3 Å². The van der Waals surface area contributed by atoms with E-state index in [1.54, 1.807) is 7.05 Å². The number of rotatable bonds is 8. The summed E-state index contributed by atoms with van der Waals surface area (Å²) in [5.74, 6) is 1.10. The van der Waals surface area contributed by atoms with Crippen molar-refractivity contribution in [1.29, 1.82) is 5.26 Å². The SMILES string of the molecule is CNC(=O)C(CC(C)C)NCc1cccc(OCC#N)c1. The van der Waals surface area contributed by atoms with Gasteiger partial charge in [-0.3, -0.25) is 4.79 Å². The second-order valence-electron chi connectivity index (χ2n) is 5.27. The highest BCUT2D eigenvalue weighted by atomic mass is 16.5. The molecule has 0 aliphatic rings. The van der Waals surface area contributed by atoms with Crippen LogP contribution in [-0.4, -0.2) is 25.6 Å². The zero-order chi connectivity index (χ0) is 15.7. The number of hydrogen-bond acceptors (Lipinski definition) is 4. The first-order valence-electron chi connectivity index (χ1n) is 7.10. The molecule has 0 saturated heterocycles. The summed E-state index contributed by atoms with van der Waals surface area (Å²) >= 11 is 0. The molecular formula is C16H23N3O2. The molecule has 21 heavy (non-hydrogen) atoms. The van der Waals surface area contributed by atoms with Crippen molar-refractivity contribution in [3.63, 3.8) is 0 Å². The van der Waals surface area contributed by atoms with Crippen LogP contribution in [0.3, 0.4) is 0 Å². The molecule has 0 heterocycles. The van der Waals surface area contributed by atoms with E-state index in [0.717, 1.165) is 12.0 Å². The van der Waals surface area contributed by atoms with Crippen molar-refractivity contribution in [3.8, 4) is 11.8 Å². The minimum absolute atomic E-state index is 0.000542. The molecule has 0 aliphatic carbocycles. The van der Waals surface area contributed by atoms with Crippen molar-refractivity contribution in [2.45, 2.75) is 32.9 Å². The van der Waals surface area contributed by atoms with Crippen LogP contribution in [0.2, 0.25) is 0 Å². The highest BCUT2D eigenvalue weighted by molar-refractivity contribution is 5.81. The van der Waals surface area contributed by atoms with E-state index >= 15 is 0 Å². The van der Waals surface area contributed by atoms with Gasteiger partial charge in [0, 0.05) is 13.6 Å². The molecule has 0 spiro atoms. The lowest BCUT2D eigenvalue weighted by Crippen LogP contribution is -2.43. The van der Waals surface area contributed by atoms with Gasteiger partial charge < -0.3 is 15.4 Å². The molecule has 0 fully saturated rings. The molecule has 0 saturated carbocycles. The second-order valence-corrected chi connectivity index (χ2v) is 5.27. The molecule has 1 aromatic rings. The molecule has 114 valence electrons. The molecular weight excluding hydrogens is 266 g/mol. The molecule has 1 rings (SSSR count). The van der Waals surface area contributed by atoms with Gasteiger partial charge in [-0.15, -0.1) is 0 Å². The first-order chi connectivity index (χ1) is 10.1. The third-order valence-corrected chi connectivity index (χ3v) is 3.02. The summed E-state index contributed by atoms with van der Waals surface area (Å²) in [5.41, 5.74) is 1.02. The fraction of sp³-hybridized carbons (Fsp3) is 0.500. The number of benzene rings is 1. The quantitative estimate of drug-likeness (QED) is 0.766. The van der Waals surface area contributed by atoms with Gasteiger partial charge in [-0.05, 0) is 30.0 Å². The first-order valence-corrected chi connectivity index (χ1v) is 7.10. The lowest BCUT2D eigenvalue weighted by molar-refractivity contribution is -0.123. The summed E-state index contributed by atoms with van der Waals surface area (Å²) in [6.45, 7) is 4.79. The first kappa shape index (κ1) is 17.0. The lowest BCUT2D eigenvalue weighted by atomic mass is 10.0. The van der Waals surface area contributed by atoms with Crippen LogP contribution in [0.4, 0.5) is 0 Å². The standard InChI is InChI=1S/C16H23N3O2/c1-12(2)9-15(16(20)18-3)19-11-13-5-4-6-14(10-13)21-8-7-17/h4-6,10,12,15,19H,8-9,11H2,1-3H3,(H,18,20). The summed E-state index contributed by atoms with van der Waals surface area (Å²) in [6, 6.07) is 9.25. The van der Waals surface area contributed by atoms with Crippen LogP contribution in [0.25, 0.3) is 0 Å². The van der Waals surface area contributed by atoms with Gasteiger partial charge in [0.15, 0.2) is 6.61 Å². The van der Waals surface area contributed by atoms with Crippen LogP contribution in [-0.2, 0) is 11.3 Å². The molecule has 5 nitrogen and oxygen atoms in total. The number of nitriles is 1. The van der Waals surface area contributed by atoms with Gasteiger partial charge in [-0.25, -0.2) is 0 Å². The number of carbonyl (C=O) groups excluding carboxylic acids is 1. The maximum atomic E-state index is 11.8. The highest BCUT2D eigenvalue weighted by Crippen LogP contribution is 2.14. The van der Waals surface area contributed by atoms with Crippen molar-refractivity contribution >= 4 is 5.91 Å². The summed E-state index contributed by atoms with van der Waals surface area (Å²) in [4.78, 5) is 11.8. The van der Waals surface area contributed by atoms with Crippen molar-refractivity contribution < 1.29 is 9.53 Å². The van der Waals surface area contributed by atoms with E-state index < -0.39 is 0 Å². The Hall–Kier alpha value is -2.06. The van der Waals surface area contributed by atoms with Crippen molar-refractivity contribution in [2.75, 3.05) is 13.7 Å².